The Morgan fingerprint density at radius 2 is 1.53 bits per heavy atom. The average Bonchev–Trinajstić information content (AvgIpc) is 2.77. The minimum atomic E-state index is -4.57. The molecule has 0 aliphatic heterocycles. The van der Waals surface area contributed by atoms with Crippen molar-refractivity contribution in [3.8, 4) is 0 Å². The van der Waals surface area contributed by atoms with Gasteiger partial charge in [0.1, 0.15) is 12.6 Å². The topological polar surface area (TPSA) is 116 Å². The molecule has 0 rings (SSSR count). The van der Waals surface area contributed by atoms with E-state index in [-0.39, 0.29) is 18.3 Å². The van der Waals surface area contributed by atoms with Gasteiger partial charge in [0.15, 0.2) is 0 Å². The number of hydrogen-bond donors (Lipinski definition) is 4. The van der Waals surface area contributed by atoms with Gasteiger partial charge in [-0.05, 0) is 38.5 Å². The van der Waals surface area contributed by atoms with E-state index in [1.54, 1.807) is 0 Å². The fourth-order valence-corrected chi connectivity index (χ4v) is 4.18. The quantitative estimate of drug-likeness (QED) is 0.0663. The number of likely N-dealkylation sites (N-methyl/N-ethyl adjacent to an activating group) is 1. The summed E-state index contributed by atoms with van der Waals surface area (Å²) in [5.74, 6) is 0.0797. The summed E-state index contributed by atoms with van der Waals surface area (Å²) in [4.78, 5) is 29.4. The van der Waals surface area contributed by atoms with Crippen LogP contribution in [0.2, 0.25) is 0 Å². The number of hydrogen-bond acceptors (Lipinski definition) is 4. The number of amides is 1. The number of nitrogens with zero attached hydrogens (tertiary/aromatic N) is 1. The van der Waals surface area contributed by atoms with Crippen molar-refractivity contribution in [3.05, 3.63) is 24.3 Å². The molecule has 0 aliphatic carbocycles. The first kappa shape index (κ1) is 37.4. The maximum atomic E-state index is 12.0. The first-order valence-corrected chi connectivity index (χ1v) is 14.9. The van der Waals surface area contributed by atoms with Crippen molar-refractivity contribution in [1.82, 2.24) is 5.32 Å². The van der Waals surface area contributed by atoms with Crippen LogP contribution in [0.25, 0.3) is 0 Å². The van der Waals surface area contributed by atoms with Crippen molar-refractivity contribution >= 4 is 13.7 Å². The van der Waals surface area contributed by atoms with E-state index >= 15 is 0 Å². The molecule has 214 valence electrons. The van der Waals surface area contributed by atoms with E-state index in [4.69, 9.17) is 9.79 Å². The summed E-state index contributed by atoms with van der Waals surface area (Å²) in [6, 6.07) is 0. The molecular formula is C26H52ClN2O6P. The minimum absolute atomic E-state index is 0. The van der Waals surface area contributed by atoms with E-state index in [0.717, 1.165) is 45.1 Å². The molecule has 0 aliphatic rings. The van der Waals surface area contributed by atoms with Crippen molar-refractivity contribution in [2.24, 2.45) is 0 Å². The second kappa shape index (κ2) is 23.4. The first-order chi connectivity index (χ1) is 16.6. The lowest BCUT2D eigenvalue weighted by atomic mass is 10.1. The summed E-state index contributed by atoms with van der Waals surface area (Å²) in [5.41, 5.74) is 0. The zero-order valence-electron chi connectivity index (χ0n) is 22.7. The van der Waals surface area contributed by atoms with Crippen LogP contribution < -0.4 is 17.7 Å². The number of allylic oxidation sites excluding steroid dienone is 4. The standard InChI is InChI=1S/C26H51N2O6P.ClH/c1-4-5-6-7-8-9-10-11-12-13-14-15-16-17-18-20-26(30)27-21-19-22-28(2,3)23-25(29)24-34-35(31,32)33;/h8-9,11-12,25,29H,4-7,10,13-24H2,1-3H3,(H2-,27,30,31,32,33);1H/b9-8+,12-11+;. The Labute approximate surface area is 225 Å². The third-order valence-electron chi connectivity index (χ3n) is 5.76. The van der Waals surface area contributed by atoms with Gasteiger partial charge < -0.3 is 37.1 Å². The average molecular weight is 555 g/mol. The van der Waals surface area contributed by atoms with Crippen molar-refractivity contribution in [1.29, 1.82) is 0 Å². The number of quaternary nitrogens is 1. The molecular weight excluding hydrogens is 503 g/mol. The highest BCUT2D eigenvalue weighted by atomic mass is 35.5. The maximum absolute atomic E-state index is 12.0. The van der Waals surface area contributed by atoms with Gasteiger partial charge in [0.25, 0.3) is 0 Å². The number of carbonyl (C=O) groups excluding carboxylic acids is 1. The molecule has 0 aromatic heterocycles. The predicted octanol–water partition coefficient (Wildman–Crippen LogP) is 1.86. The Bertz CT molecular complexity index is 640. The summed E-state index contributed by atoms with van der Waals surface area (Å²) in [6.45, 7) is 3.43. The van der Waals surface area contributed by atoms with Crippen LogP contribution in [0.4, 0.5) is 0 Å². The van der Waals surface area contributed by atoms with Gasteiger partial charge in [-0.1, -0.05) is 63.3 Å². The predicted molar refractivity (Wildman–Crippen MR) is 143 cm³/mol. The number of aliphatic hydroxyl groups is 1. The Hall–Kier alpha value is -0.730. The van der Waals surface area contributed by atoms with Crippen LogP contribution in [0.3, 0.4) is 0 Å². The minimum Gasteiger partial charge on any atom is -1.00 e. The molecule has 0 saturated heterocycles. The fraction of sp³-hybridized carbons (Fsp3) is 0.808. The maximum Gasteiger partial charge on any atom is 0.469 e. The molecule has 0 fully saturated rings. The lowest BCUT2D eigenvalue weighted by Crippen LogP contribution is -3.00. The molecule has 0 heterocycles. The molecule has 1 amide bonds. The molecule has 10 heteroatoms. The van der Waals surface area contributed by atoms with Crippen LogP contribution in [-0.4, -0.2) is 71.7 Å². The summed E-state index contributed by atoms with van der Waals surface area (Å²) in [6.07, 6.45) is 22.3. The van der Waals surface area contributed by atoms with E-state index in [2.05, 4.69) is 41.1 Å². The smallest absolute Gasteiger partial charge is 0.469 e. The van der Waals surface area contributed by atoms with Gasteiger partial charge in [-0.15, -0.1) is 0 Å². The van der Waals surface area contributed by atoms with Gasteiger partial charge >= 0.3 is 7.82 Å². The van der Waals surface area contributed by atoms with Crippen LogP contribution in [0.15, 0.2) is 24.3 Å². The molecule has 8 nitrogen and oxygen atoms in total. The van der Waals surface area contributed by atoms with Gasteiger partial charge in [0.2, 0.25) is 5.91 Å². The zero-order valence-corrected chi connectivity index (χ0v) is 24.4. The van der Waals surface area contributed by atoms with E-state index < -0.39 is 20.5 Å². The van der Waals surface area contributed by atoms with E-state index in [0.29, 0.717) is 24.0 Å². The van der Waals surface area contributed by atoms with Crippen molar-refractivity contribution in [2.75, 3.05) is 40.3 Å². The SMILES string of the molecule is CCCCC/C=C/C/C=C/CCCCCCCC(=O)NCCC[N+](C)(C)CC(O)COP(=O)(O)O.[Cl-]. The van der Waals surface area contributed by atoms with Crippen LogP contribution in [0.5, 0.6) is 0 Å². The molecule has 0 radical (unpaired) electrons. The Morgan fingerprint density at radius 3 is 2.14 bits per heavy atom. The molecule has 4 N–H and O–H groups in total. The second-order valence-corrected chi connectivity index (χ2v) is 11.2. The number of rotatable bonds is 23. The Morgan fingerprint density at radius 1 is 0.944 bits per heavy atom. The van der Waals surface area contributed by atoms with Gasteiger partial charge in [0.05, 0.1) is 27.2 Å². The van der Waals surface area contributed by atoms with E-state index in [9.17, 15) is 14.5 Å². The zero-order chi connectivity index (χ0) is 26.4. The molecule has 0 saturated carbocycles. The van der Waals surface area contributed by atoms with Crippen molar-refractivity contribution in [2.45, 2.75) is 96.5 Å². The van der Waals surface area contributed by atoms with Crippen LogP contribution in [-0.2, 0) is 13.9 Å². The van der Waals surface area contributed by atoms with Crippen LogP contribution in [0, 0.1) is 0 Å². The van der Waals surface area contributed by atoms with E-state index in [1.807, 2.05) is 14.1 Å². The highest BCUT2D eigenvalue weighted by molar-refractivity contribution is 7.46. The van der Waals surface area contributed by atoms with Gasteiger partial charge in [-0.2, -0.15) is 0 Å². The number of halogens is 1. The summed E-state index contributed by atoms with van der Waals surface area (Å²) in [5, 5.41) is 12.8. The lowest BCUT2D eigenvalue weighted by Gasteiger charge is -2.31. The fourth-order valence-electron chi connectivity index (χ4n) is 3.82. The van der Waals surface area contributed by atoms with Gasteiger partial charge in [0, 0.05) is 19.4 Å². The highest BCUT2D eigenvalue weighted by Gasteiger charge is 2.23. The Balaban J connectivity index is 0. The molecule has 0 aromatic rings. The second-order valence-electron chi connectivity index (χ2n) is 9.97. The summed E-state index contributed by atoms with van der Waals surface area (Å²) >= 11 is 0. The lowest BCUT2D eigenvalue weighted by molar-refractivity contribution is -0.893. The molecule has 1 atom stereocenters. The molecule has 0 spiro atoms. The monoisotopic (exact) mass is 554 g/mol. The normalized spacial score (nSPS) is 13.3. The van der Waals surface area contributed by atoms with E-state index in [1.165, 1.54) is 38.5 Å². The van der Waals surface area contributed by atoms with Crippen molar-refractivity contribution in [3.63, 3.8) is 0 Å². The number of phosphoric acid groups is 1. The number of phosphoric ester groups is 1. The summed E-state index contributed by atoms with van der Waals surface area (Å²) in [7, 11) is -0.726. The highest BCUT2D eigenvalue weighted by Crippen LogP contribution is 2.35. The van der Waals surface area contributed by atoms with Crippen LogP contribution >= 0.6 is 7.82 Å². The third-order valence-corrected chi connectivity index (χ3v) is 6.24. The summed E-state index contributed by atoms with van der Waals surface area (Å²) < 4.78 is 15.5. The van der Waals surface area contributed by atoms with Gasteiger partial charge in [-0.25, -0.2) is 4.57 Å². The largest absolute Gasteiger partial charge is 1.00 e. The number of nitrogens with one attached hydrogen (secondary N) is 1. The number of aliphatic hydroxyl groups excluding tert-OH is 1. The first-order valence-electron chi connectivity index (χ1n) is 13.3. The number of unbranched alkanes of at least 4 members (excludes halogenated alkanes) is 8. The molecule has 1 unspecified atom stereocenters. The van der Waals surface area contributed by atoms with Crippen molar-refractivity contribution < 1.29 is 45.7 Å². The third kappa shape index (κ3) is 27.9. The molecule has 0 bridgehead atoms. The number of carbonyl (C=O) groups is 1. The molecule has 0 aromatic carbocycles. The van der Waals surface area contributed by atoms with Gasteiger partial charge in [-0.3, -0.25) is 9.32 Å². The Kier molecular flexibility index (Phi) is 24.3. The molecule has 36 heavy (non-hydrogen) atoms. The van der Waals surface area contributed by atoms with Crippen LogP contribution in [0.1, 0.15) is 90.4 Å².